The minimum absolute atomic E-state index is 0.287. The zero-order chi connectivity index (χ0) is 20.0. The van der Waals surface area contributed by atoms with Crippen LogP contribution < -0.4 is 0 Å². The molecule has 29 heavy (non-hydrogen) atoms. The highest BCUT2D eigenvalue weighted by Gasteiger charge is 2.14. The second kappa shape index (κ2) is 6.64. The van der Waals surface area contributed by atoms with E-state index in [0.717, 1.165) is 38.7 Å². The number of nitrogens with zero attached hydrogens (tertiary/aromatic N) is 4. The molecule has 9 heteroatoms. The zero-order valence-corrected chi connectivity index (χ0v) is 16.9. The van der Waals surface area contributed by atoms with Gasteiger partial charge >= 0.3 is 0 Å². The van der Waals surface area contributed by atoms with Crippen molar-refractivity contribution in [3.05, 3.63) is 66.6 Å². The highest BCUT2D eigenvalue weighted by atomic mass is 32.2. The quantitative estimate of drug-likeness (QED) is 0.475. The van der Waals surface area contributed by atoms with Gasteiger partial charge < -0.3 is 0 Å². The van der Waals surface area contributed by atoms with E-state index in [1.54, 1.807) is 48.0 Å². The van der Waals surface area contributed by atoms with E-state index in [2.05, 4.69) is 20.2 Å². The fraction of sp³-hybridized carbons (Fsp3) is 0.0500. The first kappa shape index (κ1) is 17.8. The molecule has 0 saturated heterocycles. The monoisotopic (exact) mass is 421 g/mol. The molecule has 0 amide bonds. The van der Waals surface area contributed by atoms with E-state index < -0.39 is 9.84 Å². The maximum Gasteiger partial charge on any atom is 0.175 e. The maximum atomic E-state index is 11.7. The summed E-state index contributed by atoms with van der Waals surface area (Å²) in [4.78, 5) is 9.13. The first-order chi connectivity index (χ1) is 14.0. The highest BCUT2D eigenvalue weighted by Crippen LogP contribution is 2.32. The van der Waals surface area contributed by atoms with Gasteiger partial charge in [-0.1, -0.05) is 12.1 Å². The van der Waals surface area contributed by atoms with E-state index in [9.17, 15) is 8.42 Å². The zero-order valence-electron chi connectivity index (χ0n) is 15.3. The lowest BCUT2D eigenvalue weighted by Crippen LogP contribution is -1.96. The normalized spacial score (nSPS) is 11.9. The van der Waals surface area contributed by atoms with Crippen molar-refractivity contribution in [2.45, 2.75) is 4.90 Å². The third-order valence-electron chi connectivity index (χ3n) is 4.68. The molecular weight excluding hydrogens is 406 g/mol. The number of rotatable bonds is 4. The number of aromatic nitrogens is 5. The summed E-state index contributed by atoms with van der Waals surface area (Å²) in [5.41, 5.74) is 5.32. The number of sulfone groups is 1. The first-order valence-electron chi connectivity index (χ1n) is 8.72. The van der Waals surface area contributed by atoms with Crippen LogP contribution in [0.4, 0.5) is 0 Å². The maximum absolute atomic E-state index is 11.7. The minimum atomic E-state index is -3.24. The Kier molecular flexibility index (Phi) is 4.07. The van der Waals surface area contributed by atoms with Gasteiger partial charge in [-0.25, -0.2) is 18.4 Å². The number of aromatic amines is 1. The second-order valence-electron chi connectivity index (χ2n) is 6.58. The molecule has 0 radical (unpaired) electrons. The number of imidazole rings is 1. The van der Waals surface area contributed by atoms with E-state index in [0.29, 0.717) is 0 Å². The molecule has 0 bridgehead atoms. The molecule has 0 saturated carbocycles. The standard InChI is InChI=1S/C20H15N5O2S2/c1-29(26,27)15-5-2-13(3-6-15)19-16(10-23-24-19)14-4-7-18-22-11-17(25(18)12-14)20-21-8-9-28-20/h2-12H,1H3,(H,23,24). The molecule has 7 nitrogen and oxygen atoms in total. The number of hydrogen-bond donors (Lipinski definition) is 1. The van der Waals surface area contributed by atoms with Crippen molar-refractivity contribution in [1.29, 1.82) is 0 Å². The molecule has 1 aromatic carbocycles. The third-order valence-corrected chi connectivity index (χ3v) is 6.60. The summed E-state index contributed by atoms with van der Waals surface area (Å²) in [7, 11) is -3.24. The molecule has 0 unspecified atom stereocenters. The summed E-state index contributed by atoms with van der Waals surface area (Å²) < 4.78 is 25.4. The van der Waals surface area contributed by atoms with Crippen molar-refractivity contribution >= 4 is 26.8 Å². The molecule has 5 aromatic rings. The third kappa shape index (κ3) is 3.14. The highest BCUT2D eigenvalue weighted by molar-refractivity contribution is 7.90. The molecule has 0 aliphatic rings. The molecule has 0 spiro atoms. The Labute approximate surface area is 170 Å². The van der Waals surface area contributed by atoms with Crippen molar-refractivity contribution in [3.8, 4) is 33.1 Å². The van der Waals surface area contributed by atoms with E-state index in [1.165, 1.54) is 6.26 Å². The molecule has 0 aliphatic heterocycles. The number of thiazole rings is 1. The van der Waals surface area contributed by atoms with Crippen molar-refractivity contribution in [1.82, 2.24) is 24.6 Å². The van der Waals surface area contributed by atoms with Gasteiger partial charge in [-0.05, 0) is 24.3 Å². The van der Waals surface area contributed by atoms with Crippen LogP contribution >= 0.6 is 11.3 Å². The second-order valence-corrected chi connectivity index (χ2v) is 9.49. The fourth-order valence-corrected chi connectivity index (χ4v) is 4.52. The summed E-state index contributed by atoms with van der Waals surface area (Å²) in [5, 5.41) is 10.1. The molecule has 144 valence electrons. The van der Waals surface area contributed by atoms with Crippen LogP contribution in [0.25, 0.3) is 38.7 Å². The van der Waals surface area contributed by atoms with Crippen LogP contribution in [0.1, 0.15) is 0 Å². The van der Waals surface area contributed by atoms with E-state index in [1.807, 2.05) is 34.3 Å². The van der Waals surface area contributed by atoms with Gasteiger partial charge in [0.15, 0.2) is 9.84 Å². The molecule has 0 atom stereocenters. The van der Waals surface area contributed by atoms with Crippen molar-refractivity contribution < 1.29 is 8.42 Å². The lowest BCUT2D eigenvalue weighted by Gasteiger charge is -2.07. The smallest absolute Gasteiger partial charge is 0.175 e. The van der Waals surface area contributed by atoms with Gasteiger partial charge in [-0.3, -0.25) is 9.50 Å². The van der Waals surface area contributed by atoms with Crippen LogP contribution in [-0.2, 0) is 9.84 Å². The Morgan fingerprint density at radius 2 is 1.79 bits per heavy atom. The van der Waals surface area contributed by atoms with Crippen LogP contribution in [0.15, 0.2) is 71.5 Å². The SMILES string of the molecule is CS(=O)(=O)c1ccc(-c2[nH]ncc2-c2ccc3ncc(-c4nccs4)n3c2)cc1. The topological polar surface area (TPSA) is 93.0 Å². The minimum Gasteiger partial charge on any atom is -0.297 e. The van der Waals surface area contributed by atoms with Crippen molar-refractivity contribution in [2.75, 3.05) is 6.26 Å². The van der Waals surface area contributed by atoms with Gasteiger partial charge in [0.05, 0.1) is 23.0 Å². The summed E-state index contributed by atoms with van der Waals surface area (Å²) in [5.74, 6) is 0. The van der Waals surface area contributed by atoms with Crippen LogP contribution in [0.2, 0.25) is 0 Å². The molecule has 4 heterocycles. The van der Waals surface area contributed by atoms with Crippen LogP contribution in [0, 0.1) is 0 Å². The van der Waals surface area contributed by atoms with Gasteiger partial charge in [0.1, 0.15) is 16.3 Å². The van der Waals surface area contributed by atoms with Crippen LogP contribution in [-0.4, -0.2) is 39.2 Å². The summed E-state index contributed by atoms with van der Waals surface area (Å²) >= 11 is 1.56. The lowest BCUT2D eigenvalue weighted by molar-refractivity contribution is 0.602. The largest absolute Gasteiger partial charge is 0.297 e. The molecular formula is C20H15N5O2S2. The Morgan fingerprint density at radius 1 is 1.00 bits per heavy atom. The van der Waals surface area contributed by atoms with Gasteiger partial charge in [0, 0.05) is 40.7 Å². The first-order valence-corrected chi connectivity index (χ1v) is 11.5. The fourth-order valence-electron chi connectivity index (χ4n) is 3.24. The average Bonchev–Trinajstić information content (AvgIpc) is 3.46. The molecule has 4 aromatic heterocycles. The van der Waals surface area contributed by atoms with Gasteiger partial charge in [-0.15, -0.1) is 11.3 Å². The number of benzene rings is 1. The summed E-state index contributed by atoms with van der Waals surface area (Å²) in [6.07, 6.45) is 8.57. The van der Waals surface area contributed by atoms with E-state index in [4.69, 9.17) is 0 Å². The number of pyridine rings is 1. The Bertz CT molecular complexity index is 1420. The van der Waals surface area contributed by atoms with Crippen LogP contribution in [0.3, 0.4) is 0 Å². The van der Waals surface area contributed by atoms with Crippen molar-refractivity contribution in [2.24, 2.45) is 0 Å². The number of nitrogens with one attached hydrogen (secondary N) is 1. The number of H-pyrrole nitrogens is 1. The molecule has 0 fully saturated rings. The molecule has 5 rings (SSSR count). The predicted octanol–water partition coefficient (Wildman–Crippen LogP) is 3.92. The Hall–Kier alpha value is -3.30. The molecule has 1 N–H and O–H groups in total. The predicted molar refractivity (Wildman–Crippen MR) is 112 cm³/mol. The average molecular weight is 422 g/mol. The number of hydrogen-bond acceptors (Lipinski definition) is 6. The molecule has 0 aliphatic carbocycles. The van der Waals surface area contributed by atoms with Crippen molar-refractivity contribution in [3.63, 3.8) is 0 Å². The summed E-state index contributed by atoms with van der Waals surface area (Å²) in [6, 6.07) is 10.7. The Balaban J connectivity index is 1.60. The summed E-state index contributed by atoms with van der Waals surface area (Å²) in [6.45, 7) is 0. The Morgan fingerprint density at radius 3 is 2.52 bits per heavy atom. The van der Waals surface area contributed by atoms with Gasteiger partial charge in [0.25, 0.3) is 0 Å². The van der Waals surface area contributed by atoms with E-state index >= 15 is 0 Å². The number of fused-ring (bicyclic) bond motifs is 1. The lowest BCUT2D eigenvalue weighted by atomic mass is 10.0. The van der Waals surface area contributed by atoms with Crippen LogP contribution in [0.5, 0.6) is 0 Å². The van der Waals surface area contributed by atoms with Gasteiger partial charge in [0.2, 0.25) is 0 Å². The van der Waals surface area contributed by atoms with Gasteiger partial charge in [-0.2, -0.15) is 5.10 Å². The van der Waals surface area contributed by atoms with E-state index in [-0.39, 0.29) is 4.90 Å².